The van der Waals surface area contributed by atoms with Crippen molar-refractivity contribution in [1.29, 1.82) is 0 Å². The van der Waals surface area contributed by atoms with Gasteiger partial charge in [-0.05, 0) is 18.6 Å². The van der Waals surface area contributed by atoms with Crippen LogP contribution in [-0.4, -0.2) is 16.8 Å². The van der Waals surface area contributed by atoms with E-state index in [2.05, 4.69) is 4.98 Å². The number of benzene rings is 1. The van der Waals surface area contributed by atoms with Crippen molar-refractivity contribution in [2.24, 2.45) is 5.73 Å². The number of nitrogens with zero attached hydrogens (tertiary/aromatic N) is 1. The van der Waals surface area contributed by atoms with E-state index < -0.39 is 6.04 Å². The highest BCUT2D eigenvalue weighted by molar-refractivity contribution is 5.97. The molecule has 1 atom stereocenters. The highest BCUT2D eigenvalue weighted by Crippen LogP contribution is 2.15. The maximum Gasteiger partial charge on any atom is 0.265 e. The number of Topliss-reactive ketones (excluding diaryl/α,β-unsaturated/α-hetero) is 1. The molecule has 2 rings (SSSR count). The summed E-state index contributed by atoms with van der Waals surface area (Å²) in [7, 11) is 0. The molecule has 0 amide bonds. The second kappa shape index (κ2) is 3.82. The Bertz CT molecular complexity index is 457. The van der Waals surface area contributed by atoms with Gasteiger partial charge in [-0.1, -0.05) is 19.1 Å². The fourth-order valence-electron chi connectivity index (χ4n) is 1.32. The summed E-state index contributed by atoms with van der Waals surface area (Å²) >= 11 is 0. The average Bonchev–Trinajstić information content (AvgIpc) is 2.70. The molecular formula is C11H12N2O2. The molecule has 1 aromatic carbocycles. The molecule has 2 N–H and O–H groups in total. The highest BCUT2D eigenvalue weighted by atomic mass is 16.4. The lowest BCUT2D eigenvalue weighted by Gasteiger charge is -2.02. The second-order valence-electron chi connectivity index (χ2n) is 3.37. The number of para-hydroxylation sites is 2. The first-order valence-electron chi connectivity index (χ1n) is 4.87. The molecule has 4 nitrogen and oxygen atoms in total. The van der Waals surface area contributed by atoms with Crippen molar-refractivity contribution in [2.45, 2.75) is 19.4 Å². The normalized spacial score (nSPS) is 12.9. The smallest absolute Gasteiger partial charge is 0.265 e. The third kappa shape index (κ3) is 1.76. The first kappa shape index (κ1) is 9.86. The zero-order valence-electron chi connectivity index (χ0n) is 8.43. The Labute approximate surface area is 87.1 Å². The first-order chi connectivity index (χ1) is 7.22. The van der Waals surface area contributed by atoms with Crippen LogP contribution in [-0.2, 0) is 0 Å². The Balaban J connectivity index is 2.41. The zero-order valence-corrected chi connectivity index (χ0v) is 8.43. The lowest BCUT2D eigenvalue weighted by molar-refractivity contribution is 0.0927. The Morgan fingerprint density at radius 2 is 2.27 bits per heavy atom. The van der Waals surface area contributed by atoms with E-state index in [1.54, 1.807) is 12.1 Å². The van der Waals surface area contributed by atoms with E-state index in [4.69, 9.17) is 10.2 Å². The second-order valence-corrected chi connectivity index (χ2v) is 3.37. The van der Waals surface area contributed by atoms with Crippen molar-refractivity contribution < 1.29 is 9.21 Å². The van der Waals surface area contributed by atoms with Crippen molar-refractivity contribution in [3.05, 3.63) is 30.2 Å². The molecule has 15 heavy (non-hydrogen) atoms. The molecule has 1 aromatic heterocycles. The molecule has 0 bridgehead atoms. The van der Waals surface area contributed by atoms with E-state index in [0.717, 1.165) is 0 Å². The molecule has 4 heteroatoms. The van der Waals surface area contributed by atoms with Gasteiger partial charge in [0.05, 0.1) is 6.04 Å². The predicted octanol–water partition coefficient (Wildman–Crippen LogP) is 1.75. The lowest BCUT2D eigenvalue weighted by atomic mass is 10.1. The molecule has 78 valence electrons. The fraction of sp³-hybridized carbons (Fsp3) is 0.273. The van der Waals surface area contributed by atoms with Crippen LogP contribution in [0.3, 0.4) is 0 Å². The van der Waals surface area contributed by atoms with Gasteiger partial charge in [0.25, 0.3) is 5.89 Å². The average molecular weight is 204 g/mol. The Kier molecular flexibility index (Phi) is 2.51. The first-order valence-corrected chi connectivity index (χ1v) is 4.87. The Hall–Kier alpha value is -1.68. The number of carbonyl (C=O) groups excluding carboxylic acids is 1. The number of carbonyl (C=O) groups is 1. The lowest BCUT2D eigenvalue weighted by Crippen LogP contribution is -2.29. The molecule has 0 radical (unpaired) electrons. The zero-order chi connectivity index (χ0) is 10.8. The van der Waals surface area contributed by atoms with E-state index in [1.165, 1.54) is 0 Å². The van der Waals surface area contributed by atoms with Crippen LogP contribution < -0.4 is 5.73 Å². The van der Waals surface area contributed by atoms with Crippen molar-refractivity contribution in [1.82, 2.24) is 4.98 Å². The van der Waals surface area contributed by atoms with Crippen LogP contribution in [0.25, 0.3) is 11.1 Å². The van der Waals surface area contributed by atoms with Gasteiger partial charge in [0.15, 0.2) is 5.58 Å². The summed E-state index contributed by atoms with van der Waals surface area (Å²) in [5.74, 6) is -0.140. The van der Waals surface area contributed by atoms with Gasteiger partial charge in [0, 0.05) is 0 Å². The van der Waals surface area contributed by atoms with E-state index in [0.29, 0.717) is 17.5 Å². The number of oxazole rings is 1. The van der Waals surface area contributed by atoms with Gasteiger partial charge < -0.3 is 10.2 Å². The van der Waals surface area contributed by atoms with E-state index in [-0.39, 0.29) is 11.7 Å². The quantitative estimate of drug-likeness (QED) is 0.773. The number of hydrogen-bond donors (Lipinski definition) is 1. The minimum absolute atomic E-state index is 0.102. The topological polar surface area (TPSA) is 69.1 Å². The summed E-state index contributed by atoms with van der Waals surface area (Å²) < 4.78 is 5.31. The molecular weight excluding hydrogens is 192 g/mol. The number of rotatable bonds is 3. The van der Waals surface area contributed by atoms with Gasteiger partial charge in [-0.3, -0.25) is 4.79 Å². The molecule has 0 aliphatic carbocycles. The van der Waals surface area contributed by atoms with Crippen molar-refractivity contribution in [3.63, 3.8) is 0 Å². The standard InChI is InChI=1S/C11H12N2O2/c1-2-7(12)10(14)11-13-8-5-3-4-6-9(8)15-11/h3-7H,2,12H2,1H3/t7-/m0/s1. The van der Waals surface area contributed by atoms with Gasteiger partial charge in [0.1, 0.15) is 5.52 Å². The van der Waals surface area contributed by atoms with Crippen LogP contribution in [0.2, 0.25) is 0 Å². The van der Waals surface area contributed by atoms with Crippen LogP contribution in [0, 0.1) is 0 Å². The SMILES string of the molecule is CC[C@H](N)C(=O)c1nc2ccccc2o1. The minimum atomic E-state index is -0.530. The molecule has 0 unspecified atom stereocenters. The summed E-state index contributed by atoms with van der Waals surface area (Å²) in [5, 5.41) is 0. The van der Waals surface area contributed by atoms with Crippen molar-refractivity contribution >= 4 is 16.9 Å². The molecule has 0 saturated carbocycles. The van der Waals surface area contributed by atoms with Crippen LogP contribution in [0.15, 0.2) is 28.7 Å². The predicted molar refractivity (Wildman–Crippen MR) is 56.6 cm³/mol. The largest absolute Gasteiger partial charge is 0.434 e. The molecule has 0 aliphatic heterocycles. The van der Waals surface area contributed by atoms with Crippen LogP contribution in [0.1, 0.15) is 24.0 Å². The summed E-state index contributed by atoms with van der Waals surface area (Å²) in [6, 6.07) is 6.72. The van der Waals surface area contributed by atoms with Crippen LogP contribution >= 0.6 is 0 Å². The number of aromatic nitrogens is 1. The minimum Gasteiger partial charge on any atom is -0.434 e. The van der Waals surface area contributed by atoms with Crippen LogP contribution in [0.5, 0.6) is 0 Å². The summed E-state index contributed by atoms with van der Waals surface area (Å²) in [5.41, 5.74) is 6.92. The number of nitrogens with two attached hydrogens (primary N) is 1. The summed E-state index contributed by atoms with van der Waals surface area (Å²) in [6.07, 6.45) is 0.581. The van der Waals surface area contributed by atoms with Gasteiger partial charge in [-0.2, -0.15) is 0 Å². The number of ketones is 1. The van der Waals surface area contributed by atoms with Gasteiger partial charge in [0.2, 0.25) is 5.78 Å². The third-order valence-electron chi connectivity index (χ3n) is 2.28. The van der Waals surface area contributed by atoms with E-state index >= 15 is 0 Å². The maximum absolute atomic E-state index is 11.7. The third-order valence-corrected chi connectivity index (χ3v) is 2.28. The van der Waals surface area contributed by atoms with Crippen molar-refractivity contribution in [3.8, 4) is 0 Å². The fourth-order valence-corrected chi connectivity index (χ4v) is 1.32. The van der Waals surface area contributed by atoms with Crippen LogP contribution in [0.4, 0.5) is 0 Å². The van der Waals surface area contributed by atoms with Gasteiger partial charge >= 0.3 is 0 Å². The molecule has 1 heterocycles. The molecule has 0 spiro atoms. The Morgan fingerprint density at radius 1 is 1.53 bits per heavy atom. The highest BCUT2D eigenvalue weighted by Gasteiger charge is 2.19. The van der Waals surface area contributed by atoms with Gasteiger partial charge in [-0.15, -0.1) is 0 Å². The molecule has 0 saturated heterocycles. The summed E-state index contributed by atoms with van der Waals surface area (Å²) in [6.45, 7) is 1.85. The van der Waals surface area contributed by atoms with E-state index in [1.807, 2.05) is 19.1 Å². The monoisotopic (exact) mass is 204 g/mol. The Morgan fingerprint density at radius 3 is 2.93 bits per heavy atom. The van der Waals surface area contributed by atoms with Crippen molar-refractivity contribution in [2.75, 3.05) is 0 Å². The molecule has 2 aromatic rings. The van der Waals surface area contributed by atoms with E-state index in [9.17, 15) is 4.79 Å². The number of hydrogen-bond acceptors (Lipinski definition) is 4. The van der Waals surface area contributed by atoms with Gasteiger partial charge in [-0.25, -0.2) is 4.98 Å². The number of fused-ring (bicyclic) bond motifs is 1. The molecule has 0 fully saturated rings. The maximum atomic E-state index is 11.7. The molecule has 0 aliphatic rings. The summed E-state index contributed by atoms with van der Waals surface area (Å²) in [4.78, 5) is 15.7.